The molecule has 1 saturated heterocycles. The first kappa shape index (κ1) is 14.7. The molecule has 0 spiro atoms. The summed E-state index contributed by atoms with van der Waals surface area (Å²) in [5.41, 5.74) is 1.16. The number of carbonyl (C=O) groups is 1. The minimum atomic E-state index is -0.204. The molecule has 6 nitrogen and oxygen atoms in total. The average Bonchev–Trinajstić information content (AvgIpc) is 3.20. The molecule has 0 aliphatic carbocycles. The Morgan fingerprint density at radius 3 is 3.09 bits per heavy atom. The van der Waals surface area contributed by atoms with Gasteiger partial charge in [-0.25, -0.2) is 0 Å². The van der Waals surface area contributed by atoms with E-state index in [0.29, 0.717) is 19.7 Å². The lowest BCUT2D eigenvalue weighted by Gasteiger charge is -2.34. The zero-order chi connectivity index (χ0) is 15.8. The second-order valence-electron chi connectivity index (χ2n) is 5.85. The molecule has 2 aromatic rings. The van der Waals surface area contributed by atoms with Crippen LogP contribution in [-0.2, 0) is 16.6 Å². The lowest BCUT2D eigenvalue weighted by Crippen LogP contribution is -2.45. The van der Waals surface area contributed by atoms with Crippen LogP contribution in [-0.4, -0.2) is 51.0 Å². The summed E-state index contributed by atoms with van der Waals surface area (Å²) in [7, 11) is 1.89. The van der Waals surface area contributed by atoms with Crippen molar-refractivity contribution in [2.45, 2.75) is 16.9 Å². The average molecular weight is 330 g/mol. The van der Waals surface area contributed by atoms with Gasteiger partial charge in [0.25, 0.3) is 0 Å². The Kier molecular flexibility index (Phi) is 3.82. The third-order valence-corrected chi connectivity index (χ3v) is 5.59. The Labute approximate surface area is 138 Å². The molecule has 1 aromatic heterocycles. The van der Waals surface area contributed by atoms with E-state index in [1.54, 1.807) is 18.1 Å². The Bertz CT molecular complexity index is 732. The van der Waals surface area contributed by atoms with E-state index in [9.17, 15) is 4.79 Å². The minimum Gasteiger partial charge on any atom is -0.366 e. The summed E-state index contributed by atoms with van der Waals surface area (Å²) in [6, 6.07) is 8.19. The Morgan fingerprint density at radius 1 is 1.39 bits per heavy atom. The van der Waals surface area contributed by atoms with Crippen LogP contribution in [0.5, 0.6) is 0 Å². The van der Waals surface area contributed by atoms with Gasteiger partial charge in [0.2, 0.25) is 5.91 Å². The molecule has 4 rings (SSSR count). The first-order valence-corrected chi connectivity index (χ1v) is 8.68. The number of nitrogens with zero attached hydrogens (tertiary/aromatic N) is 4. The first-order chi connectivity index (χ1) is 11.2. The van der Waals surface area contributed by atoms with E-state index in [0.717, 1.165) is 17.1 Å². The smallest absolute Gasteiger partial charge is 0.231 e. The fraction of sp³-hybridized carbons (Fsp3) is 0.438. The van der Waals surface area contributed by atoms with E-state index in [1.165, 1.54) is 4.90 Å². The van der Waals surface area contributed by atoms with Crippen LogP contribution in [0.15, 0.2) is 35.5 Å². The second kappa shape index (κ2) is 5.98. The van der Waals surface area contributed by atoms with Crippen LogP contribution in [0.3, 0.4) is 0 Å². The van der Waals surface area contributed by atoms with Gasteiger partial charge in [0.05, 0.1) is 19.1 Å². The van der Waals surface area contributed by atoms with Crippen molar-refractivity contribution in [1.82, 2.24) is 19.7 Å². The molecule has 2 atom stereocenters. The van der Waals surface area contributed by atoms with Gasteiger partial charge in [-0.1, -0.05) is 18.2 Å². The molecule has 1 fully saturated rings. The fourth-order valence-corrected chi connectivity index (χ4v) is 4.40. The van der Waals surface area contributed by atoms with Gasteiger partial charge in [0.15, 0.2) is 5.82 Å². The Balaban J connectivity index is 1.52. The lowest BCUT2D eigenvalue weighted by atomic mass is 9.99. The zero-order valence-electron chi connectivity index (χ0n) is 12.9. The van der Waals surface area contributed by atoms with Gasteiger partial charge in [0.1, 0.15) is 12.4 Å². The molecular formula is C16H18N4O2S. The van der Waals surface area contributed by atoms with Gasteiger partial charge in [-0.3, -0.25) is 4.79 Å². The van der Waals surface area contributed by atoms with Crippen molar-refractivity contribution in [2.24, 2.45) is 7.05 Å². The highest BCUT2D eigenvalue weighted by atomic mass is 32.2. The number of benzene rings is 1. The molecule has 0 bridgehead atoms. The van der Waals surface area contributed by atoms with Crippen LogP contribution < -0.4 is 0 Å². The van der Waals surface area contributed by atoms with Crippen molar-refractivity contribution in [3.05, 3.63) is 42.0 Å². The van der Waals surface area contributed by atoms with Crippen molar-refractivity contribution in [1.29, 1.82) is 0 Å². The predicted molar refractivity (Wildman–Crippen MR) is 86.2 cm³/mol. The summed E-state index contributed by atoms with van der Waals surface area (Å²) >= 11 is 1.76. The van der Waals surface area contributed by atoms with Crippen molar-refractivity contribution in [2.75, 3.05) is 25.4 Å². The van der Waals surface area contributed by atoms with Crippen LogP contribution in [0.25, 0.3) is 0 Å². The van der Waals surface area contributed by atoms with Crippen LogP contribution >= 0.6 is 11.8 Å². The third kappa shape index (κ3) is 2.64. The summed E-state index contributed by atoms with van der Waals surface area (Å²) in [5.74, 6) is 1.74. The molecule has 1 aromatic carbocycles. The van der Waals surface area contributed by atoms with Crippen LogP contribution in [0, 0.1) is 0 Å². The zero-order valence-corrected chi connectivity index (χ0v) is 13.7. The summed E-state index contributed by atoms with van der Waals surface area (Å²) in [6.45, 7) is 1.70. The summed E-state index contributed by atoms with van der Waals surface area (Å²) in [5, 5.41) is 8.01. The third-order valence-electron chi connectivity index (χ3n) is 4.41. The van der Waals surface area contributed by atoms with E-state index in [-0.39, 0.29) is 17.9 Å². The van der Waals surface area contributed by atoms with Gasteiger partial charge in [-0.2, -0.15) is 0 Å². The SMILES string of the molecule is Cn1cnnc1[C@@H]1CN(C(=O)[C@H]2CSc3ccccc32)CCO1. The number of thioether (sulfide) groups is 1. The fourth-order valence-electron chi connectivity index (χ4n) is 3.18. The topological polar surface area (TPSA) is 60.2 Å². The molecule has 0 N–H and O–H groups in total. The normalized spacial score (nSPS) is 23.8. The molecule has 0 radical (unpaired) electrons. The van der Waals surface area contributed by atoms with Gasteiger partial charge in [-0.15, -0.1) is 22.0 Å². The summed E-state index contributed by atoms with van der Waals surface area (Å²) < 4.78 is 7.64. The standard InChI is InChI=1S/C16H18N4O2S/c1-19-10-17-18-15(19)13-8-20(6-7-22-13)16(21)12-9-23-14-5-3-2-4-11(12)14/h2-5,10,12-13H,6-9H2,1H3/t12-,13-/m0/s1. The molecule has 0 saturated carbocycles. The Morgan fingerprint density at radius 2 is 2.26 bits per heavy atom. The van der Waals surface area contributed by atoms with E-state index < -0.39 is 0 Å². The van der Waals surface area contributed by atoms with Crippen LogP contribution in [0.4, 0.5) is 0 Å². The lowest BCUT2D eigenvalue weighted by molar-refractivity contribution is -0.140. The second-order valence-corrected chi connectivity index (χ2v) is 6.91. The highest BCUT2D eigenvalue weighted by Crippen LogP contribution is 2.40. The minimum absolute atomic E-state index is 0.0468. The number of carbonyl (C=O) groups excluding carboxylic acids is 1. The van der Waals surface area contributed by atoms with E-state index in [1.807, 2.05) is 28.6 Å². The molecular weight excluding hydrogens is 312 g/mol. The van der Waals surface area contributed by atoms with Crippen molar-refractivity contribution >= 4 is 17.7 Å². The molecule has 2 aliphatic rings. The van der Waals surface area contributed by atoms with Crippen molar-refractivity contribution in [3.63, 3.8) is 0 Å². The maximum Gasteiger partial charge on any atom is 0.231 e. The van der Waals surface area contributed by atoms with Gasteiger partial charge in [-0.05, 0) is 11.6 Å². The maximum atomic E-state index is 13.0. The number of hydrogen-bond acceptors (Lipinski definition) is 5. The predicted octanol–water partition coefficient (Wildman–Crippen LogP) is 1.60. The maximum absolute atomic E-state index is 13.0. The number of aryl methyl sites for hydroxylation is 1. The molecule has 23 heavy (non-hydrogen) atoms. The monoisotopic (exact) mass is 330 g/mol. The van der Waals surface area contributed by atoms with Gasteiger partial charge < -0.3 is 14.2 Å². The number of hydrogen-bond donors (Lipinski definition) is 0. The number of amides is 1. The molecule has 7 heteroatoms. The first-order valence-electron chi connectivity index (χ1n) is 7.70. The summed E-state index contributed by atoms with van der Waals surface area (Å²) in [4.78, 5) is 16.1. The highest BCUT2D eigenvalue weighted by molar-refractivity contribution is 7.99. The Hall–Kier alpha value is -1.86. The largest absolute Gasteiger partial charge is 0.366 e. The molecule has 0 unspecified atom stereocenters. The van der Waals surface area contributed by atoms with Crippen molar-refractivity contribution in [3.8, 4) is 0 Å². The number of ether oxygens (including phenoxy) is 1. The van der Waals surface area contributed by atoms with E-state index in [4.69, 9.17) is 4.74 Å². The molecule has 2 aliphatic heterocycles. The van der Waals surface area contributed by atoms with Crippen LogP contribution in [0.2, 0.25) is 0 Å². The number of rotatable bonds is 2. The van der Waals surface area contributed by atoms with Gasteiger partial charge in [0, 0.05) is 24.2 Å². The van der Waals surface area contributed by atoms with Crippen LogP contribution in [0.1, 0.15) is 23.4 Å². The van der Waals surface area contributed by atoms with Gasteiger partial charge >= 0.3 is 0 Å². The summed E-state index contributed by atoms with van der Waals surface area (Å²) in [6.07, 6.45) is 1.45. The van der Waals surface area contributed by atoms with E-state index >= 15 is 0 Å². The number of fused-ring (bicyclic) bond motifs is 1. The molecule has 120 valence electrons. The number of morpholine rings is 1. The van der Waals surface area contributed by atoms with Crippen molar-refractivity contribution < 1.29 is 9.53 Å². The molecule has 1 amide bonds. The quantitative estimate of drug-likeness (QED) is 0.837. The van der Waals surface area contributed by atoms with E-state index in [2.05, 4.69) is 22.3 Å². The number of aromatic nitrogens is 3. The highest BCUT2D eigenvalue weighted by Gasteiger charge is 2.35. The molecule has 3 heterocycles.